The van der Waals surface area contributed by atoms with Gasteiger partial charge in [0.15, 0.2) is 4.34 Å². The number of carbonyl (C=O) groups is 1. The zero-order valence-corrected chi connectivity index (χ0v) is 18.9. The Kier molecular flexibility index (Phi) is 7.23. The molecule has 2 aromatic carbocycles. The van der Waals surface area contributed by atoms with Gasteiger partial charge in [-0.15, -0.1) is 10.2 Å². The highest BCUT2D eigenvalue weighted by molar-refractivity contribution is 8.01. The first kappa shape index (κ1) is 23.1. The molecule has 0 radical (unpaired) electrons. The fourth-order valence-electron chi connectivity index (χ4n) is 2.42. The number of sulfone groups is 1. The average molecular weight is 485 g/mol. The van der Waals surface area contributed by atoms with E-state index in [9.17, 15) is 22.0 Å². The van der Waals surface area contributed by atoms with E-state index in [1.807, 2.05) is 32.0 Å². The largest absolute Gasteiger partial charge is 0.341 e. The molecule has 3 rings (SSSR count). The van der Waals surface area contributed by atoms with E-state index in [0.29, 0.717) is 15.2 Å². The molecule has 0 bridgehead atoms. The smallest absolute Gasteiger partial charge is 0.330 e. The Labute approximate surface area is 186 Å². The zero-order chi connectivity index (χ0) is 22.6. The topological polar surface area (TPSA) is 101 Å². The van der Waals surface area contributed by atoms with Gasteiger partial charge in [-0.1, -0.05) is 29.2 Å². The predicted octanol–water partition coefficient (Wildman–Crippen LogP) is 4.63. The molecule has 0 atom stereocenters. The summed E-state index contributed by atoms with van der Waals surface area (Å²) in [5.74, 6) is -3.80. The molecule has 0 saturated carbocycles. The zero-order valence-electron chi connectivity index (χ0n) is 16.4. The summed E-state index contributed by atoms with van der Waals surface area (Å²) < 4.78 is 48.5. The summed E-state index contributed by atoms with van der Waals surface area (Å²) in [4.78, 5) is 11.6. The number of thioether (sulfide) groups is 1. The number of alkyl halides is 2. The van der Waals surface area contributed by atoms with Crippen molar-refractivity contribution in [1.29, 1.82) is 0 Å². The highest BCUT2D eigenvalue weighted by Crippen LogP contribution is 2.28. The molecule has 12 heteroatoms. The maximum absolute atomic E-state index is 12.6. The lowest BCUT2D eigenvalue weighted by atomic mass is 10.1. The lowest BCUT2D eigenvalue weighted by molar-refractivity contribution is -0.113. The van der Waals surface area contributed by atoms with Gasteiger partial charge in [-0.2, -0.15) is 8.78 Å². The standard InChI is InChI=1S/C19H18F2N4O3S3/c1-11-3-4-14(9-12(11)2)23-18-24-25-19(30-18)29-10-16(26)22-13-5-7-15(8-6-13)31(27,28)17(20)21/h3-9,17H,10H2,1-2H3,(H,22,26)(H,23,24). The van der Waals surface area contributed by atoms with Crippen molar-refractivity contribution in [3.63, 3.8) is 0 Å². The minimum absolute atomic E-state index is 0.0509. The van der Waals surface area contributed by atoms with Crippen molar-refractivity contribution >= 4 is 55.3 Å². The van der Waals surface area contributed by atoms with Crippen LogP contribution >= 0.6 is 23.1 Å². The van der Waals surface area contributed by atoms with Crippen molar-refractivity contribution < 1.29 is 22.0 Å². The third-order valence-electron chi connectivity index (χ3n) is 4.19. The number of nitrogens with zero attached hydrogens (tertiary/aromatic N) is 2. The average Bonchev–Trinajstić information content (AvgIpc) is 3.17. The molecule has 0 aliphatic carbocycles. The van der Waals surface area contributed by atoms with Gasteiger partial charge in [-0.3, -0.25) is 4.79 Å². The minimum Gasteiger partial charge on any atom is -0.330 e. The number of halogens is 2. The van der Waals surface area contributed by atoms with E-state index >= 15 is 0 Å². The molecule has 0 saturated heterocycles. The monoisotopic (exact) mass is 484 g/mol. The lowest BCUT2D eigenvalue weighted by Crippen LogP contribution is -2.14. The van der Waals surface area contributed by atoms with Crippen LogP contribution in [-0.4, -0.2) is 36.0 Å². The van der Waals surface area contributed by atoms with Crippen LogP contribution in [0, 0.1) is 13.8 Å². The molecule has 164 valence electrons. The van der Waals surface area contributed by atoms with Crippen molar-refractivity contribution in [2.45, 2.75) is 28.8 Å². The maximum Gasteiger partial charge on any atom is 0.341 e. The molecule has 0 spiro atoms. The van der Waals surface area contributed by atoms with E-state index < -0.39 is 20.5 Å². The first-order chi connectivity index (χ1) is 14.6. The second-order valence-electron chi connectivity index (χ2n) is 6.46. The van der Waals surface area contributed by atoms with Gasteiger partial charge < -0.3 is 10.6 Å². The predicted molar refractivity (Wildman–Crippen MR) is 118 cm³/mol. The number of hydrogen-bond acceptors (Lipinski definition) is 8. The van der Waals surface area contributed by atoms with Crippen LogP contribution in [0.4, 0.5) is 25.3 Å². The number of anilines is 3. The fourth-order valence-corrected chi connectivity index (χ4v) is 4.71. The van der Waals surface area contributed by atoms with Gasteiger partial charge in [0.25, 0.3) is 0 Å². The number of aromatic nitrogens is 2. The number of hydrogen-bond donors (Lipinski definition) is 2. The van der Waals surface area contributed by atoms with Gasteiger partial charge in [0.05, 0.1) is 10.6 Å². The highest BCUT2D eigenvalue weighted by Gasteiger charge is 2.26. The Hall–Kier alpha value is -2.57. The van der Waals surface area contributed by atoms with Crippen LogP contribution in [0.2, 0.25) is 0 Å². The van der Waals surface area contributed by atoms with Crippen LogP contribution in [0.25, 0.3) is 0 Å². The summed E-state index contributed by atoms with van der Waals surface area (Å²) >= 11 is 2.50. The Balaban J connectivity index is 1.52. The SMILES string of the molecule is Cc1ccc(Nc2nnc(SCC(=O)Nc3ccc(S(=O)(=O)C(F)F)cc3)s2)cc1C. The van der Waals surface area contributed by atoms with Gasteiger partial charge in [-0.25, -0.2) is 8.42 Å². The molecule has 2 N–H and O–H groups in total. The first-order valence-corrected chi connectivity index (χ1v) is 12.2. The Morgan fingerprint density at radius 1 is 1.06 bits per heavy atom. The molecule has 1 aromatic heterocycles. The molecule has 0 fully saturated rings. The summed E-state index contributed by atoms with van der Waals surface area (Å²) in [6.07, 6.45) is 0. The van der Waals surface area contributed by atoms with E-state index in [-0.39, 0.29) is 11.7 Å². The molecular weight excluding hydrogens is 466 g/mol. The van der Waals surface area contributed by atoms with Gasteiger partial charge in [0.1, 0.15) is 0 Å². The number of nitrogens with one attached hydrogen (secondary N) is 2. The number of rotatable bonds is 8. The summed E-state index contributed by atoms with van der Waals surface area (Å²) in [6, 6.07) is 10.5. The van der Waals surface area contributed by atoms with E-state index in [1.54, 1.807) is 0 Å². The van der Waals surface area contributed by atoms with Crippen molar-refractivity contribution in [3.8, 4) is 0 Å². The second-order valence-corrected chi connectivity index (χ2v) is 10.6. The van der Waals surface area contributed by atoms with Crippen LogP contribution in [0.15, 0.2) is 51.7 Å². The molecule has 0 aliphatic heterocycles. The van der Waals surface area contributed by atoms with Crippen molar-refractivity contribution in [2.75, 3.05) is 16.4 Å². The molecule has 0 aliphatic rings. The number of amides is 1. The number of benzene rings is 2. The van der Waals surface area contributed by atoms with Crippen molar-refractivity contribution in [3.05, 3.63) is 53.6 Å². The second kappa shape index (κ2) is 9.71. The Bertz CT molecular complexity index is 1180. The molecule has 3 aromatic rings. The van der Waals surface area contributed by atoms with Crippen LogP contribution < -0.4 is 10.6 Å². The first-order valence-electron chi connectivity index (χ1n) is 8.87. The van der Waals surface area contributed by atoms with E-state index in [2.05, 4.69) is 20.8 Å². The Morgan fingerprint density at radius 3 is 2.39 bits per heavy atom. The van der Waals surface area contributed by atoms with E-state index in [0.717, 1.165) is 23.4 Å². The van der Waals surface area contributed by atoms with E-state index in [1.165, 1.54) is 40.8 Å². The molecule has 7 nitrogen and oxygen atoms in total. The minimum atomic E-state index is -4.66. The normalized spacial score (nSPS) is 11.5. The molecule has 1 heterocycles. The van der Waals surface area contributed by atoms with Gasteiger partial charge in [0.2, 0.25) is 20.9 Å². The number of aryl methyl sites for hydroxylation is 2. The van der Waals surface area contributed by atoms with Gasteiger partial charge >= 0.3 is 5.76 Å². The van der Waals surface area contributed by atoms with E-state index in [4.69, 9.17) is 0 Å². The molecule has 31 heavy (non-hydrogen) atoms. The molecular formula is C19H18F2N4O3S3. The summed E-state index contributed by atoms with van der Waals surface area (Å²) in [5, 5.41) is 14.4. The van der Waals surface area contributed by atoms with Crippen LogP contribution in [-0.2, 0) is 14.6 Å². The van der Waals surface area contributed by atoms with Crippen molar-refractivity contribution in [2.24, 2.45) is 0 Å². The van der Waals surface area contributed by atoms with Crippen molar-refractivity contribution in [1.82, 2.24) is 10.2 Å². The summed E-state index contributed by atoms with van der Waals surface area (Å²) in [5.41, 5.74) is 3.54. The fraction of sp³-hybridized carbons (Fsp3) is 0.211. The maximum atomic E-state index is 12.6. The number of carbonyl (C=O) groups excluding carboxylic acids is 1. The quantitative estimate of drug-likeness (QED) is 0.450. The summed E-state index contributed by atoms with van der Waals surface area (Å²) in [6.45, 7) is 4.05. The van der Waals surface area contributed by atoms with Crippen LogP contribution in [0.1, 0.15) is 11.1 Å². The van der Waals surface area contributed by atoms with Crippen LogP contribution in [0.5, 0.6) is 0 Å². The Morgan fingerprint density at radius 2 is 1.74 bits per heavy atom. The van der Waals surface area contributed by atoms with Gasteiger partial charge in [0, 0.05) is 11.4 Å². The molecule has 1 amide bonds. The summed E-state index contributed by atoms with van der Waals surface area (Å²) in [7, 11) is -4.66. The third kappa shape index (κ3) is 5.99. The van der Waals surface area contributed by atoms with Crippen LogP contribution in [0.3, 0.4) is 0 Å². The molecule has 0 unspecified atom stereocenters. The highest BCUT2D eigenvalue weighted by atomic mass is 32.2. The lowest BCUT2D eigenvalue weighted by Gasteiger charge is -2.06. The van der Waals surface area contributed by atoms with Gasteiger partial charge in [-0.05, 0) is 61.4 Å². The third-order valence-corrected chi connectivity index (χ3v) is 7.56.